The van der Waals surface area contributed by atoms with E-state index in [0.29, 0.717) is 30.3 Å². The number of nitrogens with zero attached hydrogens (tertiary/aromatic N) is 1. The van der Waals surface area contributed by atoms with Crippen molar-refractivity contribution < 1.29 is 9.53 Å². The van der Waals surface area contributed by atoms with Gasteiger partial charge < -0.3 is 15.8 Å². The topological polar surface area (TPSA) is 77.2 Å². The van der Waals surface area contributed by atoms with Gasteiger partial charge in [0, 0.05) is 17.1 Å². The Bertz CT molecular complexity index is 819. The summed E-state index contributed by atoms with van der Waals surface area (Å²) in [5, 5.41) is 4.69. The first-order valence-corrected chi connectivity index (χ1v) is 7.34. The van der Waals surface area contributed by atoms with Gasteiger partial charge in [-0.05, 0) is 35.7 Å². The van der Waals surface area contributed by atoms with Crippen LogP contribution in [0.1, 0.15) is 10.4 Å². The summed E-state index contributed by atoms with van der Waals surface area (Å²) >= 11 is 0. The first-order chi connectivity index (χ1) is 11.2. The predicted octanol–water partition coefficient (Wildman–Crippen LogP) is 2.63. The van der Waals surface area contributed by atoms with Crippen molar-refractivity contribution in [3.8, 4) is 5.75 Å². The number of hydrogen-bond acceptors (Lipinski definition) is 4. The standard InChI is InChI=1S/C18H17N3O2/c19-17-16-12-15(7-6-13(16)8-9-20-17)23-11-10-21-18(22)14-4-2-1-3-5-14/h1-9,12H,10-11H2,(H2,19,20)(H,21,22). The molecule has 0 saturated carbocycles. The zero-order chi connectivity index (χ0) is 16.1. The summed E-state index contributed by atoms with van der Waals surface area (Å²) in [6.45, 7) is 0.804. The van der Waals surface area contributed by atoms with Crippen molar-refractivity contribution in [3.63, 3.8) is 0 Å². The summed E-state index contributed by atoms with van der Waals surface area (Å²) in [6.07, 6.45) is 1.68. The number of aromatic nitrogens is 1. The van der Waals surface area contributed by atoms with Crippen molar-refractivity contribution in [3.05, 3.63) is 66.4 Å². The molecule has 0 aliphatic carbocycles. The lowest BCUT2D eigenvalue weighted by atomic mass is 10.1. The molecule has 0 unspecified atom stereocenters. The number of rotatable bonds is 5. The van der Waals surface area contributed by atoms with Crippen LogP contribution in [0.5, 0.6) is 5.75 Å². The number of pyridine rings is 1. The molecule has 0 radical (unpaired) electrons. The molecule has 1 aromatic heterocycles. The fraction of sp³-hybridized carbons (Fsp3) is 0.111. The van der Waals surface area contributed by atoms with Gasteiger partial charge in [-0.3, -0.25) is 4.79 Å². The Kier molecular flexibility index (Phi) is 4.38. The van der Waals surface area contributed by atoms with Gasteiger partial charge in [0.25, 0.3) is 5.91 Å². The van der Waals surface area contributed by atoms with Crippen LogP contribution in [0, 0.1) is 0 Å². The molecular weight excluding hydrogens is 290 g/mol. The number of benzene rings is 2. The van der Waals surface area contributed by atoms with Crippen LogP contribution in [-0.2, 0) is 0 Å². The Morgan fingerprint density at radius 1 is 1.13 bits per heavy atom. The molecule has 0 bridgehead atoms. The van der Waals surface area contributed by atoms with Crippen molar-refractivity contribution in [1.82, 2.24) is 10.3 Å². The fourth-order valence-corrected chi connectivity index (χ4v) is 2.28. The van der Waals surface area contributed by atoms with Crippen molar-refractivity contribution in [2.45, 2.75) is 0 Å². The molecule has 3 aromatic rings. The Balaban J connectivity index is 1.55. The van der Waals surface area contributed by atoms with Crippen LogP contribution in [0.3, 0.4) is 0 Å². The Morgan fingerprint density at radius 2 is 1.96 bits per heavy atom. The molecular formula is C18H17N3O2. The van der Waals surface area contributed by atoms with Gasteiger partial charge in [-0.15, -0.1) is 0 Å². The monoisotopic (exact) mass is 307 g/mol. The lowest BCUT2D eigenvalue weighted by Crippen LogP contribution is -2.27. The molecule has 0 aliphatic rings. The maximum Gasteiger partial charge on any atom is 0.251 e. The van der Waals surface area contributed by atoms with Crippen molar-refractivity contribution in [2.75, 3.05) is 18.9 Å². The molecule has 0 aliphatic heterocycles. The predicted molar refractivity (Wildman–Crippen MR) is 90.4 cm³/mol. The fourth-order valence-electron chi connectivity index (χ4n) is 2.28. The number of carbonyl (C=O) groups excluding carboxylic acids is 1. The molecule has 0 fully saturated rings. The quantitative estimate of drug-likeness (QED) is 0.710. The average Bonchev–Trinajstić information content (AvgIpc) is 2.60. The Labute approximate surface area is 134 Å². The number of nitrogens with one attached hydrogen (secondary N) is 1. The molecule has 3 N–H and O–H groups in total. The third-order valence-corrected chi connectivity index (χ3v) is 3.46. The van der Waals surface area contributed by atoms with Crippen LogP contribution in [0.15, 0.2) is 60.8 Å². The molecule has 3 rings (SSSR count). The Hall–Kier alpha value is -3.08. The summed E-state index contributed by atoms with van der Waals surface area (Å²) in [6, 6.07) is 16.7. The van der Waals surface area contributed by atoms with Crippen molar-refractivity contribution in [1.29, 1.82) is 0 Å². The van der Waals surface area contributed by atoms with Gasteiger partial charge in [0.15, 0.2) is 0 Å². The van der Waals surface area contributed by atoms with Crippen LogP contribution in [0.2, 0.25) is 0 Å². The molecule has 0 atom stereocenters. The lowest BCUT2D eigenvalue weighted by molar-refractivity contribution is 0.0947. The van der Waals surface area contributed by atoms with Crippen LogP contribution in [0.25, 0.3) is 10.8 Å². The third-order valence-electron chi connectivity index (χ3n) is 3.46. The number of hydrogen-bond donors (Lipinski definition) is 2. The highest BCUT2D eigenvalue weighted by Crippen LogP contribution is 2.23. The lowest BCUT2D eigenvalue weighted by Gasteiger charge is -2.09. The summed E-state index contributed by atoms with van der Waals surface area (Å²) in [5.74, 6) is 1.07. The largest absolute Gasteiger partial charge is 0.492 e. The minimum absolute atomic E-state index is 0.110. The maximum atomic E-state index is 11.9. The smallest absolute Gasteiger partial charge is 0.251 e. The van der Waals surface area contributed by atoms with E-state index in [1.54, 1.807) is 18.3 Å². The van der Waals surface area contributed by atoms with Crippen LogP contribution in [0.4, 0.5) is 5.82 Å². The molecule has 23 heavy (non-hydrogen) atoms. The van der Waals surface area contributed by atoms with E-state index in [-0.39, 0.29) is 5.91 Å². The minimum atomic E-state index is -0.110. The second-order valence-electron chi connectivity index (χ2n) is 5.05. The van der Waals surface area contributed by atoms with Gasteiger partial charge in [-0.25, -0.2) is 4.98 Å². The van der Waals surface area contributed by atoms with Gasteiger partial charge in [0.05, 0.1) is 6.54 Å². The summed E-state index contributed by atoms with van der Waals surface area (Å²) in [4.78, 5) is 16.0. The second-order valence-corrected chi connectivity index (χ2v) is 5.05. The molecule has 116 valence electrons. The summed E-state index contributed by atoms with van der Waals surface area (Å²) in [5.41, 5.74) is 6.50. The SMILES string of the molecule is Nc1nccc2ccc(OCCNC(=O)c3ccccc3)cc12. The summed E-state index contributed by atoms with van der Waals surface area (Å²) < 4.78 is 5.66. The van der Waals surface area contributed by atoms with E-state index in [4.69, 9.17) is 10.5 Å². The third kappa shape index (κ3) is 3.58. The number of amides is 1. The van der Waals surface area contributed by atoms with E-state index in [9.17, 15) is 4.79 Å². The molecule has 2 aromatic carbocycles. The van der Waals surface area contributed by atoms with E-state index >= 15 is 0 Å². The number of carbonyl (C=O) groups is 1. The number of anilines is 1. The van der Waals surface area contributed by atoms with E-state index in [1.807, 2.05) is 42.5 Å². The highest BCUT2D eigenvalue weighted by molar-refractivity contribution is 5.94. The number of ether oxygens (including phenoxy) is 1. The Morgan fingerprint density at radius 3 is 2.78 bits per heavy atom. The van der Waals surface area contributed by atoms with Crippen molar-refractivity contribution >= 4 is 22.5 Å². The van der Waals surface area contributed by atoms with Gasteiger partial charge in [-0.2, -0.15) is 0 Å². The molecule has 1 amide bonds. The van der Waals surface area contributed by atoms with E-state index in [1.165, 1.54) is 0 Å². The van der Waals surface area contributed by atoms with Crippen LogP contribution >= 0.6 is 0 Å². The van der Waals surface area contributed by atoms with Gasteiger partial charge in [-0.1, -0.05) is 24.3 Å². The second kappa shape index (κ2) is 6.79. The average molecular weight is 307 g/mol. The summed E-state index contributed by atoms with van der Waals surface area (Å²) in [7, 11) is 0. The molecule has 1 heterocycles. The number of nitrogen functional groups attached to an aromatic ring is 1. The molecule has 5 heteroatoms. The number of fused-ring (bicyclic) bond motifs is 1. The van der Waals surface area contributed by atoms with E-state index in [2.05, 4.69) is 10.3 Å². The molecule has 0 spiro atoms. The first-order valence-electron chi connectivity index (χ1n) is 7.34. The normalized spacial score (nSPS) is 10.4. The molecule has 0 saturated heterocycles. The minimum Gasteiger partial charge on any atom is -0.492 e. The zero-order valence-electron chi connectivity index (χ0n) is 12.5. The molecule has 5 nitrogen and oxygen atoms in total. The first kappa shape index (κ1) is 14.8. The van der Waals surface area contributed by atoms with Gasteiger partial charge in [0.1, 0.15) is 18.2 Å². The van der Waals surface area contributed by atoms with Gasteiger partial charge >= 0.3 is 0 Å². The zero-order valence-corrected chi connectivity index (χ0v) is 12.5. The highest BCUT2D eigenvalue weighted by Gasteiger charge is 2.04. The maximum absolute atomic E-state index is 11.9. The number of nitrogens with two attached hydrogens (primary N) is 1. The van der Waals surface area contributed by atoms with Gasteiger partial charge in [0.2, 0.25) is 0 Å². The van der Waals surface area contributed by atoms with Crippen LogP contribution in [-0.4, -0.2) is 24.0 Å². The van der Waals surface area contributed by atoms with Crippen molar-refractivity contribution in [2.24, 2.45) is 0 Å². The van der Waals surface area contributed by atoms with E-state index in [0.717, 1.165) is 10.8 Å². The van der Waals surface area contributed by atoms with Crippen LogP contribution < -0.4 is 15.8 Å². The highest BCUT2D eigenvalue weighted by atomic mass is 16.5. The van der Waals surface area contributed by atoms with E-state index < -0.39 is 0 Å².